The molecule has 3 N–H and O–H groups in total. The Morgan fingerprint density at radius 2 is 1.74 bits per heavy atom. The van der Waals surface area contributed by atoms with Crippen LogP contribution in [-0.2, 0) is 6.18 Å². The minimum Gasteiger partial charge on any atom is -0.454 e. The van der Waals surface area contributed by atoms with Crippen molar-refractivity contribution in [1.29, 1.82) is 0 Å². The SMILES string of the molecule is Nc1ccc(Oc2ccnc3[nH]c(=O)c(C(F)(F)F)nc23)c2ccccc12. The fourth-order valence-corrected chi connectivity index (χ4v) is 2.74. The lowest BCUT2D eigenvalue weighted by atomic mass is 10.1. The Balaban J connectivity index is 1.91. The minimum absolute atomic E-state index is 0.0247. The van der Waals surface area contributed by atoms with E-state index in [1.165, 1.54) is 12.3 Å². The van der Waals surface area contributed by atoms with Crippen molar-refractivity contribution in [3.8, 4) is 11.5 Å². The molecular weight excluding hydrogens is 361 g/mol. The molecule has 0 aliphatic heterocycles. The van der Waals surface area contributed by atoms with Crippen LogP contribution in [0.1, 0.15) is 5.69 Å². The number of aromatic amines is 1. The first kappa shape index (κ1) is 16.8. The normalized spacial score (nSPS) is 11.8. The van der Waals surface area contributed by atoms with Crippen LogP contribution in [0.25, 0.3) is 21.9 Å². The van der Waals surface area contributed by atoms with E-state index >= 15 is 0 Å². The molecule has 0 atom stereocenters. The van der Waals surface area contributed by atoms with Crippen molar-refractivity contribution in [2.24, 2.45) is 0 Å². The third-order valence-electron chi connectivity index (χ3n) is 3.96. The summed E-state index contributed by atoms with van der Waals surface area (Å²) in [6.07, 6.45) is -3.59. The molecule has 9 heteroatoms. The summed E-state index contributed by atoms with van der Waals surface area (Å²) in [5.74, 6) is 0.408. The van der Waals surface area contributed by atoms with E-state index in [2.05, 4.69) is 15.0 Å². The van der Waals surface area contributed by atoms with Gasteiger partial charge >= 0.3 is 6.18 Å². The van der Waals surface area contributed by atoms with Gasteiger partial charge in [0.05, 0.1) is 0 Å². The maximum atomic E-state index is 13.0. The van der Waals surface area contributed by atoms with Crippen molar-refractivity contribution >= 4 is 27.6 Å². The summed E-state index contributed by atoms with van der Waals surface area (Å²) < 4.78 is 44.9. The molecule has 4 aromatic rings. The number of pyridine rings is 1. The van der Waals surface area contributed by atoms with Gasteiger partial charge in [-0.1, -0.05) is 24.3 Å². The molecule has 0 unspecified atom stereocenters. The van der Waals surface area contributed by atoms with E-state index in [1.807, 2.05) is 6.07 Å². The van der Waals surface area contributed by atoms with E-state index in [9.17, 15) is 18.0 Å². The summed E-state index contributed by atoms with van der Waals surface area (Å²) in [7, 11) is 0. The molecule has 0 aliphatic rings. The Morgan fingerprint density at radius 3 is 2.48 bits per heavy atom. The summed E-state index contributed by atoms with van der Waals surface area (Å²) >= 11 is 0. The maximum Gasteiger partial charge on any atom is 0.438 e. The molecule has 0 bridgehead atoms. The third-order valence-corrected chi connectivity index (χ3v) is 3.96. The molecule has 2 heterocycles. The summed E-state index contributed by atoms with van der Waals surface area (Å²) in [5.41, 5.74) is 3.26. The second-order valence-electron chi connectivity index (χ2n) is 5.72. The molecule has 6 nitrogen and oxygen atoms in total. The molecule has 2 aromatic heterocycles. The average Bonchev–Trinajstić information content (AvgIpc) is 2.63. The van der Waals surface area contributed by atoms with Crippen LogP contribution in [0.3, 0.4) is 0 Å². The molecule has 0 radical (unpaired) electrons. The molecule has 0 saturated carbocycles. The Kier molecular flexibility index (Phi) is 3.72. The first-order valence-electron chi connectivity index (χ1n) is 7.76. The van der Waals surface area contributed by atoms with Crippen LogP contribution in [0.15, 0.2) is 53.5 Å². The van der Waals surface area contributed by atoms with E-state index in [0.717, 1.165) is 5.39 Å². The summed E-state index contributed by atoms with van der Waals surface area (Å²) in [6, 6.07) is 11.8. The first-order chi connectivity index (χ1) is 12.8. The number of nitrogens with one attached hydrogen (secondary N) is 1. The second kappa shape index (κ2) is 5.97. The molecule has 27 heavy (non-hydrogen) atoms. The van der Waals surface area contributed by atoms with Gasteiger partial charge in [-0.3, -0.25) is 4.79 Å². The maximum absolute atomic E-state index is 13.0. The summed E-state index contributed by atoms with van der Waals surface area (Å²) in [5, 5.41) is 1.42. The predicted octanol–water partition coefficient (Wildman–Crippen LogP) is 3.86. The van der Waals surface area contributed by atoms with E-state index in [4.69, 9.17) is 10.5 Å². The lowest BCUT2D eigenvalue weighted by Gasteiger charge is -2.12. The van der Waals surface area contributed by atoms with Crippen molar-refractivity contribution in [3.05, 3.63) is 64.7 Å². The van der Waals surface area contributed by atoms with Gasteiger partial charge in [0.15, 0.2) is 11.4 Å². The molecule has 136 valence electrons. The lowest BCUT2D eigenvalue weighted by Crippen LogP contribution is -2.24. The number of nitrogens with zero attached hydrogens (tertiary/aromatic N) is 2. The van der Waals surface area contributed by atoms with Crippen molar-refractivity contribution in [2.75, 3.05) is 5.73 Å². The number of benzene rings is 2. The number of rotatable bonds is 2. The fourth-order valence-electron chi connectivity index (χ4n) is 2.74. The zero-order valence-electron chi connectivity index (χ0n) is 13.5. The number of H-pyrrole nitrogens is 1. The zero-order valence-corrected chi connectivity index (χ0v) is 13.5. The van der Waals surface area contributed by atoms with E-state index in [0.29, 0.717) is 16.8 Å². The van der Waals surface area contributed by atoms with Crippen LogP contribution < -0.4 is 16.0 Å². The van der Waals surface area contributed by atoms with Crippen LogP contribution in [0.2, 0.25) is 0 Å². The van der Waals surface area contributed by atoms with Gasteiger partial charge in [0.2, 0.25) is 5.69 Å². The standard InChI is InChI=1S/C18H11F3N4O2/c19-18(20,21)15-17(26)25-16-14(24-15)13(7-8-23-16)27-12-6-5-11(22)9-3-1-2-4-10(9)12/h1-8H,22H2,(H,23,25,26). The highest BCUT2D eigenvalue weighted by atomic mass is 19.4. The smallest absolute Gasteiger partial charge is 0.438 e. The Bertz CT molecular complexity index is 1230. The quantitative estimate of drug-likeness (QED) is 0.521. The third kappa shape index (κ3) is 2.92. The number of hydrogen-bond acceptors (Lipinski definition) is 5. The molecule has 0 saturated heterocycles. The van der Waals surface area contributed by atoms with Crippen molar-refractivity contribution in [2.45, 2.75) is 6.18 Å². The lowest BCUT2D eigenvalue weighted by molar-refractivity contribution is -0.142. The van der Waals surface area contributed by atoms with Gasteiger partial charge in [0, 0.05) is 28.7 Å². The minimum atomic E-state index is -4.90. The predicted molar refractivity (Wildman–Crippen MR) is 93.6 cm³/mol. The first-order valence-corrected chi connectivity index (χ1v) is 7.76. The Labute approximate surface area is 149 Å². The molecule has 0 amide bonds. The fraction of sp³-hybridized carbons (Fsp3) is 0.0556. The van der Waals surface area contributed by atoms with E-state index in [1.54, 1.807) is 30.3 Å². The zero-order chi connectivity index (χ0) is 19.2. The molecule has 0 aliphatic carbocycles. The summed E-state index contributed by atoms with van der Waals surface area (Å²) in [6.45, 7) is 0. The number of hydrogen-bond donors (Lipinski definition) is 2. The molecular formula is C18H11F3N4O2. The number of anilines is 1. The van der Waals surface area contributed by atoms with Gasteiger partial charge in [-0.15, -0.1) is 0 Å². The molecule has 2 aromatic carbocycles. The molecule has 0 fully saturated rings. The number of nitrogens with two attached hydrogens (primary N) is 1. The largest absolute Gasteiger partial charge is 0.454 e. The number of ether oxygens (including phenoxy) is 1. The van der Waals surface area contributed by atoms with Crippen LogP contribution in [-0.4, -0.2) is 15.0 Å². The van der Waals surface area contributed by atoms with Crippen LogP contribution in [0.5, 0.6) is 11.5 Å². The number of halogens is 3. The second-order valence-corrected chi connectivity index (χ2v) is 5.72. The Hall–Kier alpha value is -3.62. The highest BCUT2D eigenvalue weighted by Gasteiger charge is 2.36. The van der Waals surface area contributed by atoms with Gasteiger partial charge in [-0.05, 0) is 12.1 Å². The Morgan fingerprint density at radius 1 is 1.00 bits per heavy atom. The summed E-state index contributed by atoms with van der Waals surface area (Å²) in [4.78, 5) is 21.0. The van der Waals surface area contributed by atoms with Gasteiger partial charge in [0.1, 0.15) is 11.3 Å². The topological polar surface area (TPSA) is 93.9 Å². The average molecular weight is 372 g/mol. The van der Waals surface area contributed by atoms with Gasteiger partial charge in [-0.25, -0.2) is 9.97 Å². The van der Waals surface area contributed by atoms with Crippen molar-refractivity contribution < 1.29 is 17.9 Å². The number of nitrogen functional groups attached to an aromatic ring is 1. The van der Waals surface area contributed by atoms with Gasteiger partial charge < -0.3 is 15.5 Å². The van der Waals surface area contributed by atoms with E-state index in [-0.39, 0.29) is 16.9 Å². The van der Waals surface area contributed by atoms with E-state index < -0.39 is 17.4 Å². The van der Waals surface area contributed by atoms with Crippen LogP contribution in [0.4, 0.5) is 18.9 Å². The van der Waals surface area contributed by atoms with Gasteiger partial charge in [-0.2, -0.15) is 13.2 Å². The van der Waals surface area contributed by atoms with Crippen LogP contribution in [0, 0.1) is 0 Å². The molecule has 4 rings (SSSR count). The molecule has 0 spiro atoms. The highest BCUT2D eigenvalue weighted by molar-refractivity contribution is 5.97. The van der Waals surface area contributed by atoms with Crippen molar-refractivity contribution in [1.82, 2.24) is 15.0 Å². The number of alkyl halides is 3. The number of fused-ring (bicyclic) bond motifs is 2. The number of aromatic nitrogens is 3. The monoisotopic (exact) mass is 372 g/mol. The van der Waals surface area contributed by atoms with Crippen molar-refractivity contribution in [3.63, 3.8) is 0 Å². The van der Waals surface area contributed by atoms with Crippen LogP contribution >= 0.6 is 0 Å². The highest BCUT2D eigenvalue weighted by Crippen LogP contribution is 2.35. The van der Waals surface area contributed by atoms with Gasteiger partial charge in [0.25, 0.3) is 5.56 Å².